The average molecular weight is 495 g/mol. The summed E-state index contributed by atoms with van der Waals surface area (Å²) in [6.45, 7) is 16.2. The number of hydrogen-bond acceptors (Lipinski definition) is 9. The molecule has 8 unspecified atom stereocenters. The van der Waals surface area contributed by atoms with Gasteiger partial charge >= 0.3 is 17.9 Å². The predicted molar refractivity (Wildman–Crippen MR) is 124 cm³/mol. The Bertz CT molecular complexity index is 956. The summed E-state index contributed by atoms with van der Waals surface area (Å²) in [4.78, 5) is 50.8. The van der Waals surface area contributed by atoms with Crippen LogP contribution in [0, 0.1) is 16.7 Å². The fourth-order valence-electron chi connectivity index (χ4n) is 7.29. The Morgan fingerprint density at radius 3 is 2.03 bits per heavy atom. The minimum atomic E-state index is -2.26. The van der Waals surface area contributed by atoms with Crippen LogP contribution in [0.15, 0.2) is 12.7 Å². The molecule has 0 bridgehead atoms. The van der Waals surface area contributed by atoms with Crippen LogP contribution in [0.3, 0.4) is 0 Å². The Labute approximate surface area is 206 Å². The zero-order chi connectivity index (χ0) is 26.8. The normalized spacial score (nSPS) is 44.3. The molecule has 3 rings (SSSR count). The number of ether oxygens (including phenoxy) is 4. The van der Waals surface area contributed by atoms with Crippen molar-refractivity contribution in [1.82, 2.24) is 0 Å². The third-order valence-electron chi connectivity index (χ3n) is 8.57. The molecule has 0 amide bonds. The third-order valence-corrected chi connectivity index (χ3v) is 8.57. The van der Waals surface area contributed by atoms with Crippen LogP contribution < -0.4 is 0 Å². The highest BCUT2D eigenvalue weighted by molar-refractivity contribution is 5.92. The minimum Gasteiger partial charge on any atom is -0.462 e. The summed E-state index contributed by atoms with van der Waals surface area (Å²) in [7, 11) is 0. The van der Waals surface area contributed by atoms with E-state index in [1.165, 1.54) is 33.8 Å². The van der Waals surface area contributed by atoms with E-state index >= 15 is 0 Å². The Morgan fingerprint density at radius 1 is 1.00 bits per heavy atom. The molecule has 0 aromatic rings. The summed E-state index contributed by atoms with van der Waals surface area (Å²) >= 11 is 0. The lowest BCUT2D eigenvalue weighted by Gasteiger charge is -2.71. The molecule has 0 aromatic carbocycles. The lowest BCUT2D eigenvalue weighted by atomic mass is 9.39. The Balaban J connectivity index is 2.42. The molecule has 35 heavy (non-hydrogen) atoms. The van der Waals surface area contributed by atoms with E-state index in [-0.39, 0.29) is 6.42 Å². The maximum atomic E-state index is 14.0. The number of hydrogen-bond donors (Lipinski definition) is 1. The van der Waals surface area contributed by atoms with Crippen molar-refractivity contribution in [2.24, 2.45) is 16.7 Å². The first-order valence-corrected chi connectivity index (χ1v) is 12.0. The first-order chi connectivity index (χ1) is 15.9. The van der Waals surface area contributed by atoms with Crippen molar-refractivity contribution < 1.29 is 43.2 Å². The number of carbonyl (C=O) groups excluding carboxylic acids is 4. The quantitative estimate of drug-likeness (QED) is 0.357. The second-order valence-electron chi connectivity index (χ2n) is 11.5. The fourth-order valence-corrected chi connectivity index (χ4v) is 7.29. The van der Waals surface area contributed by atoms with Crippen molar-refractivity contribution >= 4 is 23.7 Å². The van der Waals surface area contributed by atoms with E-state index in [0.29, 0.717) is 12.8 Å². The highest BCUT2D eigenvalue weighted by Gasteiger charge is 2.82. The van der Waals surface area contributed by atoms with Crippen molar-refractivity contribution in [3.63, 3.8) is 0 Å². The number of rotatable bonds is 4. The summed E-state index contributed by atoms with van der Waals surface area (Å²) in [5.74, 6) is -3.16. The van der Waals surface area contributed by atoms with Gasteiger partial charge in [-0.3, -0.25) is 19.2 Å². The average Bonchev–Trinajstić information content (AvgIpc) is 2.70. The van der Waals surface area contributed by atoms with Gasteiger partial charge in [-0.05, 0) is 32.1 Å². The highest BCUT2D eigenvalue weighted by Crippen LogP contribution is 2.68. The van der Waals surface area contributed by atoms with Crippen molar-refractivity contribution in [1.29, 1.82) is 0 Å². The van der Waals surface area contributed by atoms with Gasteiger partial charge in [-0.25, -0.2) is 0 Å². The molecule has 0 aromatic heterocycles. The van der Waals surface area contributed by atoms with Crippen molar-refractivity contribution in [2.45, 2.75) is 110 Å². The summed E-state index contributed by atoms with van der Waals surface area (Å²) in [5.41, 5.74) is -7.39. The van der Waals surface area contributed by atoms with Crippen LogP contribution in [-0.2, 0) is 38.1 Å². The van der Waals surface area contributed by atoms with Gasteiger partial charge in [-0.15, -0.1) is 6.58 Å². The molecule has 0 spiro atoms. The van der Waals surface area contributed by atoms with Gasteiger partial charge in [-0.2, -0.15) is 0 Å². The van der Waals surface area contributed by atoms with Crippen LogP contribution >= 0.6 is 0 Å². The molecule has 9 heteroatoms. The molecule has 1 aliphatic heterocycles. The van der Waals surface area contributed by atoms with Crippen LogP contribution in [0.1, 0.15) is 74.7 Å². The van der Waals surface area contributed by atoms with Crippen LogP contribution in [0.5, 0.6) is 0 Å². The van der Waals surface area contributed by atoms with Gasteiger partial charge in [0.2, 0.25) is 0 Å². The van der Waals surface area contributed by atoms with Crippen LogP contribution in [0.2, 0.25) is 0 Å². The maximum absolute atomic E-state index is 14.0. The molecule has 3 aliphatic rings. The molecular weight excluding hydrogens is 456 g/mol. The van der Waals surface area contributed by atoms with E-state index < -0.39 is 75.6 Å². The lowest BCUT2D eigenvalue weighted by molar-refractivity contribution is -0.371. The van der Waals surface area contributed by atoms with Crippen LogP contribution in [0.4, 0.5) is 0 Å². The zero-order valence-electron chi connectivity index (χ0n) is 21.9. The van der Waals surface area contributed by atoms with Crippen LogP contribution in [-0.4, -0.2) is 63.9 Å². The number of carbonyl (C=O) groups is 4. The van der Waals surface area contributed by atoms with E-state index in [4.69, 9.17) is 18.9 Å². The highest BCUT2D eigenvalue weighted by atomic mass is 16.6. The minimum absolute atomic E-state index is 0.191. The zero-order valence-corrected chi connectivity index (χ0v) is 21.9. The second kappa shape index (κ2) is 8.40. The first-order valence-electron chi connectivity index (χ1n) is 12.0. The third kappa shape index (κ3) is 3.82. The van der Waals surface area contributed by atoms with E-state index in [1.54, 1.807) is 13.8 Å². The van der Waals surface area contributed by atoms with Gasteiger partial charge < -0.3 is 24.1 Å². The lowest BCUT2D eigenvalue weighted by Crippen LogP contribution is -2.87. The SMILES string of the molecule is C=CC1(C)CC(=O)C2(O)C(C)(O1)C(OC(C)=O)C(OC(C)=O)C1C(C)(C)CCC(OC(C)=O)C12C. The van der Waals surface area contributed by atoms with Crippen molar-refractivity contribution in [2.75, 3.05) is 0 Å². The second-order valence-corrected chi connectivity index (χ2v) is 11.5. The standard InChI is InChI=1S/C26H38O9/c1-10-23(7)13-17(30)26(31)24(8)18(32-14(2)27)11-12-22(5,6)20(24)19(33-15(3)28)21(34-16(4)29)25(26,9)35-23/h10,18-21,31H,1,11-13H2,2-9H3. The number of esters is 3. The summed E-state index contributed by atoms with van der Waals surface area (Å²) in [6.07, 6.45) is -1.13. The molecule has 0 radical (unpaired) electrons. The molecule has 8 atom stereocenters. The number of ketones is 1. The van der Waals surface area contributed by atoms with Crippen molar-refractivity contribution in [3.8, 4) is 0 Å². The van der Waals surface area contributed by atoms with Crippen molar-refractivity contribution in [3.05, 3.63) is 12.7 Å². The van der Waals surface area contributed by atoms with Gasteiger partial charge in [0, 0.05) is 33.1 Å². The van der Waals surface area contributed by atoms with Gasteiger partial charge in [0.25, 0.3) is 0 Å². The fraction of sp³-hybridized carbons (Fsp3) is 0.769. The smallest absolute Gasteiger partial charge is 0.303 e. The van der Waals surface area contributed by atoms with E-state index in [1.807, 2.05) is 13.8 Å². The Morgan fingerprint density at radius 2 is 1.54 bits per heavy atom. The van der Waals surface area contributed by atoms with Gasteiger partial charge in [0.05, 0.1) is 11.0 Å². The van der Waals surface area contributed by atoms with E-state index in [0.717, 1.165) is 0 Å². The molecule has 1 heterocycles. The monoisotopic (exact) mass is 494 g/mol. The van der Waals surface area contributed by atoms with Gasteiger partial charge in [0.15, 0.2) is 17.5 Å². The Hall–Kier alpha value is -2.26. The van der Waals surface area contributed by atoms with Crippen LogP contribution in [0.25, 0.3) is 0 Å². The molecule has 1 saturated heterocycles. The predicted octanol–water partition coefficient (Wildman–Crippen LogP) is 2.66. The van der Waals surface area contributed by atoms with E-state index in [9.17, 15) is 24.3 Å². The number of aliphatic hydroxyl groups is 1. The topological polar surface area (TPSA) is 125 Å². The number of Topliss-reactive ketones (excluding diaryl/α,β-unsaturated/α-hetero) is 1. The molecule has 3 fully saturated rings. The summed E-state index contributed by atoms with van der Waals surface area (Å²) in [6, 6.07) is 0. The molecular formula is C26H38O9. The summed E-state index contributed by atoms with van der Waals surface area (Å²) in [5, 5.41) is 12.6. The first kappa shape index (κ1) is 27.3. The molecule has 2 aliphatic carbocycles. The molecule has 2 saturated carbocycles. The maximum Gasteiger partial charge on any atom is 0.303 e. The van der Waals surface area contributed by atoms with Gasteiger partial charge in [-0.1, -0.05) is 26.8 Å². The number of fused-ring (bicyclic) bond motifs is 3. The molecule has 196 valence electrons. The largest absolute Gasteiger partial charge is 0.462 e. The van der Waals surface area contributed by atoms with E-state index in [2.05, 4.69) is 6.58 Å². The molecule has 9 nitrogen and oxygen atoms in total. The summed E-state index contributed by atoms with van der Waals surface area (Å²) < 4.78 is 23.8. The molecule has 1 N–H and O–H groups in total. The Kier molecular flexibility index (Phi) is 6.56. The van der Waals surface area contributed by atoms with Gasteiger partial charge in [0.1, 0.15) is 17.8 Å².